The first-order chi connectivity index (χ1) is 15.6. The number of aliphatic hydroxyl groups is 1. The molecular formula is C21H23F2N3O6S. The predicted octanol–water partition coefficient (Wildman–Crippen LogP) is 2.45. The molecule has 1 saturated heterocycles. The minimum absolute atomic E-state index is 0.0666. The molecule has 178 valence electrons. The summed E-state index contributed by atoms with van der Waals surface area (Å²) in [6, 6.07) is 9.22. The van der Waals surface area contributed by atoms with Crippen molar-refractivity contribution in [3.05, 3.63) is 77.9 Å². The molecule has 1 fully saturated rings. The predicted molar refractivity (Wildman–Crippen MR) is 112 cm³/mol. The van der Waals surface area contributed by atoms with E-state index in [0.717, 1.165) is 17.7 Å². The van der Waals surface area contributed by atoms with E-state index < -0.39 is 33.6 Å². The highest BCUT2D eigenvalue weighted by atomic mass is 32.2. The molecule has 2 atom stereocenters. The van der Waals surface area contributed by atoms with Gasteiger partial charge in [0.25, 0.3) is 10.1 Å². The molecule has 33 heavy (non-hydrogen) atoms. The fourth-order valence-corrected chi connectivity index (χ4v) is 3.66. The fraction of sp³-hybridized carbons (Fsp3) is 0.333. The molecule has 2 heterocycles. The second-order valence-corrected chi connectivity index (χ2v) is 8.73. The summed E-state index contributed by atoms with van der Waals surface area (Å²) < 4.78 is 69.7. The van der Waals surface area contributed by atoms with E-state index in [9.17, 15) is 22.3 Å². The summed E-state index contributed by atoms with van der Waals surface area (Å²) in [7, 11) is -4.02. The van der Waals surface area contributed by atoms with Crippen molar-refractivity contribution in [2.45, 2.75) is 36.7 Å². The Morgan fingerprint density at radius 3 is 2.48 bits per heavy atom. The molecule has 2 N–H and O–H groups in total. The van der Waals surface area contributed by atoms with Crippen molar-refractivity contribution in [1.29, 1.82) is 0 Å². The first-order valence-corrected chi connectivity index (χ1v) is 11.3. The zero-order valence-electron chi connectivity index (χ0n) is 17.6. The van der Waals surface area contributed by atoms with Gasteiger partial charge < -0.3 is 14.6 Å². The molecule has 0 saturated carbocycles. The van der Waals surface area contributed by atoms with Gasteiger partial charge in [-0.3, -0.25) is 9.23 Å². The first-order valence-electron chi connectivity index (χ1n) is 9.88. The summed E-state index contributed by atoms with van der Waals surface area (Å²) in [6.45, 7) is 2.10. The van der Waals surface area contributed by atoms with Crippen LogP contribution in [0.5, 0.6) is 0 Å². The van der Waals surface area contributed by atoms with Crippen molar-refractivity contribution in [1.82, 2.24) is 14.8 Å². The third kappa shape index (κ3) is 6.39. The second kappa shape index (κ2) is 10.4. The van der Waals surface area contributed by atoms with Crippen LogP contribution in [-0.2, 0) is 31.9 Å². The van der Waals surface area contributed by atoms with Gasteiger partial charge in [0.05, 0.1) is 18.1 Å². The van der Waals surface area contributed by atoms with E-state index in [1.165, 1.54) is 30.9 Å². The van der Waals surface area contributed by atoms with Gasteiger partial charge in [0.15, 0.2) is 5.79 Å². The smallest absolute Gasteiger partial charge is 0.294 e. The molecule has 9 nitrogen and oxygen atoms in total. The number of aromatic nitrogens is 3. The van der Waals surface area contributed by atoms with E-state index in [0.29, 0.717) is 6.54 Å². The lowest BCUT2D eigenvalue weighted by molar-refractivity contribution is -0.188. The highest BCUT2D eigenvalue weighted by Gasteiger charge is 2.44. The van der Waals surface area contributed by atoms with Crippen LogP contribution in [-0.4, -0.2) is 52.2 Å². The minimum Gasteiger partial charge on any atom is -0.394 e. The second-order valence-electron chi connectivity index (χ2n) is 7.31. The third-order valence-electron chi connectivity index (χ3n) is 4.86. The summed E-state index contributed by atoms with van der Waals surface area (Å²) in [5, 5.41) is 13.2. The van der Waals surface area contributed by atoms with E-state index in [1.807, 2.05) is 6.92 Å². The molecular weight excluding hydrogens is 460 g/mol. The summed E-state index contributed by atoms with van der Waals surface area (Å²) >= 11 is 0. The number of nitrogens with zero attached hydrogens (tertiary/aromatic N) is 3. The SMILES string of the molecule is Cc1ccc(S(=O)(=O)O)cc1.OCC1COC(CCn2cncn2)(c2ccc(F)cc2F)O1. The number of benzene rings is 2. The lowest BCUT2D eigenvalue weighted by Gasteiger charge is -2.28. The van der Waals surface area contributed by atoms with Gasteiger partial charge >= 0.3 is 0 Å². The molecule has 0 bridgehead atoms. The van der Waals surface area contributed by atoms with Crippen molar-refractivity contribution in [2.75, 3.05) is 13.2 Å². The van der Waals surface area contributed by atoms with Gasteiger partial charge in [-0.05, 0) is 31.2 Å². The number of hydrogen-bond donors (Lipinski definition) is 2. The van der Waals surface area contributed by atoms with E-state index in [1.54, 1.807) is 16.8 Å². The van der Waals surface area contributed by atoms with Crippen LogP contribution < -0.4 is 0 Å². The molecule has 1 aliphatic heterocycles. The van der Waals surface area contributed by atoms with Gasteiger partial charge in [0.1, 0.15) is 30.4 Å². The molecule has 12 heteroatoms. The monoisotopic (exact) mass is 483 g/mol. The van der Waals surface area contributed by atoms with Crippen molar-refractivity contribution in [3.8, 4) is 0 Å². The van der Waals surface area contributed by atoms with E-state index >= 15 is 0 Å². The van der Waals surface area contributed by atoms with Crippen LogP contribution in [0.1, 0.15) is 17.5 Å². The molecule has 2 aromatic carbocycles. The van der Waals surface area contributed by atoms with Gasteiger partial charge in [-0.25, -0.2) is 13.8 Å². The van der Waals surface area contributed by atoms with Gasteiger partial charge in [-0.2, -0.15) is 13.5 Å². The largest absolute Gasteiger partial charge is 0.394 e. The number of hydrogen-bond acceptors (Lipinski definition) is 7. The maximum Gasteiger partial charge on any atom is 0.294 e. The molecule has 0 amide bonds. The highest BCUT2D eigenvalue weighted by molar-refractivity contribution is 7.85. The zero-order valence-corrected chi connectivity index (χ0v) is 18.5. The van der Waals surface area contributed by atoms with Gasteiger partial charge in [-0.15, -0.1) is 0 Å². The Bertz CT molecular complexity index is 1160. The number of aliphatic hydroxyl groups excluding tert-OH is 1. The number of halogens is 2. The maximum atomic E-state index is 14.1. The Kier molecular flexibility index (Phi) is 7.87. The Labute approximate surface area is 189 Å². The summed E-state index contributed by atoms with van der Waals surface area (Å²) in [5.41, 5.74) is 1.06. The molecule has 1 aliphatic rings. The Balaban J connectivity index is 0.000000235. The van der Waals surface area contributed by atoms with Crippen molar-refractivity contribution in [2.24, 2.45) is 0 Å². The summed E-state index contributed by atoms with van der Waals surface area (Å²) in [5.74, 6) is -2.81. The normalized spacial score (nSPS) is 20.3. The lowest BCUT2D eigenvalue weighted by Crippen LogP contribution is -2.31. The minimum atomic E-state index is -4.02. The Morgan fingerprint density at radius 2 is 1.94 bits per heavy atom. The Morgan fingerprint density at radius 1 is 1.21 bits per heavy atom. The fourth-order valence-electron chi connectivity index (χ4n) is 3.18. The van der Waals surface area contributed by atoms with Crippen LogP contribution in [0, 0.1) is 18.6 Å². The van der Waals surface area contributed by atoms with Crippen molar-refractivity contribution >= 4 is 10.1 Å². The molecule has 0 spiro atoms. The van der Waals surface area contributed by atoms with E-state index in [4.69, 9.17) is 14.0 Å². The molecule has 0 aliphatic carbocycles. The van der Waals surface area contributed by atoms with E-state index in [2.05, 4.69) is 10.1 Å². The lowest BCUT2D eigenvalue weighted by atomic mass is 10.0. The Hall–Kier alpha value is -2.77. The quantitative estimate of drug-likeness (QED) is 0.513. The van der Waals surface area contributed by atoms with Crippen LogP contribution in [0.3, 0.4) is 0 Å². The number of ether oxygens (including phenoxy) is 2. The average Bonchev–Trinajstić information content (AvgIpc) is 3.43. The van der Waals surface area contributed by atoms with Gasteiger partial charge in [0.2, 0.25) is 0 Å². The summed E-state index contributed by atoms with van der Waals surface area (Å²) in [4.78, 5) is 3.76. The zero-order chi connectivity index (χ0) is 24.1. The van der Waals surface area contributed by atoms with Crippen LogP contribution >= 0.6 is 0 Å². The van der Waals surface area contributed by atoms with E-state index in [-0.39, 0.29) is 30.1 Å². The first kappa shape index (κ1) is 24.9. The number of aryl methyl sites for hydroxylation is 2. The van der Waals surface area contributed by atoms with Crippen LogP contribution in [0.2, 0.25) is 0 Å². The highest BCUT2D eigenvalue weighted by Crippen LogP contribution is 2.39. The van der Waals surface area contributed by atoms with Gasteiger partial charge in [0, 0.05) is 24.6 Å². The van der Waals surface area contributed by atoms with Crippen molar-refractivity contribution in [3.63, 3.8) is 0 Å². The average molecular weight is 483 g/mol. The maximum absolute atomic E-state index is 14.1. The standard InChI is InChI=1S/C14H15F2N3O3.C7H8O3S/c15-10-1-2-12(13(16)5-10)14(21-7-11(6-20)22-14)3-4-19-9-17-8-18-19;1-6-2-4-7(5-3-6)11(8,9)10/h1-2,5,8-9,11,20H,3-4,6-7H2;2-5H,1H3,(H,8,9,10). The van der Waals surface area contributed by atoms with Crippen LogP contribution in [0.4, 0.5) is 8.78 Å². The topological polar surface area (TPSA) is 124 Å². The molecule has 2 unspecified atom stereocenters. The number of rotatable bonds is 6. The molecule has 1 aromatic heterocycles. The molecule has 0 radical (unpaired) electrons. The molecule has 3 aromatic rings. The van der Waals surface area contributed by atoms with Crippen LogP contribution in [0.25, 0.3) is 0 Å². The molecule has 4 rings (SSSR count). The van der Waals surface area contributed by atoms with Gasteiger partial charge in [-0.1, -0.05) is 17.7 Å². The van der Waals surface area contributed by atoms with Crippen molar-refractivity contribution < 1.29 is 36.3 Å². The third-order valence-corrected chi connectivity index (χ3v) is 5.73. The summed E-state index contributed by atoms with van der Waals surface area (Å²) in [6.07, 6.45) is 2.60. The van der Waals surface area contributed by atoms with Crippen LogP contribution in [0.15, 0.2) is 60.0 Å².